The van der Waals surface area contributed by atoms with E-state index in [4.69, 9.17) is 18.9 Å². The van der Waals surface area contributed by atoms with Gasteiger partial charge in [-0.25, -0.2) is 0 Å². The molecule has 1 aromatic heterocycles. The van der Waals surface area contributed by atoms with Crippen molar-refractivity contribution in [1.82, 2.24) is 4.98 Å². The van der Waals surface area contributed by atoms with Gasteiger partial charge < -0.3 is 24.3 Å². The Morgan fingerprint density at radius 2 is 1.52 bits per heavy atom. The highest BCUT2D eigenvalue weighted by molar-refractivity contribution is 5.92. The standard InChI is InChI=1S/C26H24N2O5/c1-17-4-8-19(9-5-17)32-16-26(29)28-18-6-10-20(11-7-18)33-23-12-13-27-22-15-25(31-3)24(30-2)14-21(22)23/h4-15H,16H2,1-3H3,(H,28,29). The first-order chi connectivity index (χ1) is 16.1. The molecular formula is C26H24N2O5. The van der Waals surface area contributed by atoms with Crippen molar-refractivity contribution in [2.45, 2.75) is 6.92 Å². The number of aromatic nitrogens is 1. The van der Waals surface area contributed by atoms with E-state index in [9.17, 15) is 4.79 Å². The smallest absolute Gasteiger partial charge is 0.262 e. The van der Waals surface area contributed by atoms with Crippen molar-refractivity contribution in [3.8, 4) is 28.7 Å². The average molecular weight is 444 g/mol. The second-order valence-electron chi connectivity index (χ2n) is 7.31. The Morgan fingerprint density at radius 1 is 0.848 bits per heavy atom. The summed E-state index contributed by atoms with van der Waals surface area (Å²) in [5.74, 6) is 2.84. The first-order valence-corrected chi connectivity index (χ1v) is 10.3. The number of hydrogen-bond acceptors (Lipinski definition) is 6. The minimum absolute atomic E-state index is 0.0738. The fourth-order valence-corrected chi connectivity index (χ4v) is 3.25. The molecule has 7 nitrogen and oxygen atoms in total. The number of fused-ring (bicyclic) bond motifs is 1. The van der Waals surface area contributed by atoms with Crippen molar-refractivity contribution < 1.29 is 23.7 Å². The number of nitrogens with one attached hydrogen (secondary N) is 1. The molecule has 168 valence electrons. The lowest BCUT2D eigenvalue weighted by atomic mass is 10.2. The molecule has 4 aromatic rings. The summed E-state index contributed by atoms with van der Waals surface area (Å²) in [5, 5.41) is 3.60. The number of carbonyl (C=O) groups is 1. The maximum absolute atomic E-state index is 12.2. The predicted octanol–water partition coefficient (Wildman–Crippen LogP) is 5.37. The van der Waals surface area contributed by atoms with Crippen LogP contribution in [0.1, 0.15) is 5.56 Å². The zero-order chi connectivity index (χ0) is 23.2. The van der Waals surface area contributed by atoms with Gasteiger partial charge in [0, 0.05) is 23.3 Å². The Labute approximate surface area is 191 Å². The number of pyridine rings is 1. The summed E-state index contributed by atoms with van der Waals surface area (Å²) < 4.78 is 22.3. The Kier molecular flexibility index (Phi) is 6.59. The van der Waals surface area contributed by atoms with Crippen molar-refractivity contribution in [3.63, 3.8) is 0 Å². The number of hydrogen-bond donors (Lipinski definition) is 1. The number of amides is 1. The third kappa shape index (κ3) is 5.33. The predicted molar refractivity (Wildman–Crippen MR) is 127 cm³/mol. The van der Waals surface area contributed by atoms with Gasteiger partial charge in [-0.05, 0) is 55.5 Å². The van der Waals surface area contributed by atoms with Gasteiger partial charge in [-0.2, -0.15) is 0 Å². The Balaban J connectivity index is 1.41. The summed E-state index contributed by atoms with van der Waals surface area (Å²) >= 11 is 0. The number of nitrogens with zero attached hydrogens (tertiary/aromatic N) is 1. The van der Waals surface area contributed by atoms with Gasteiger partial charge in [0.05, 0.1) is 19.7 Å². The largest absolute Gasteiger partial charge is 0.493 e. The van der Waals surface area contributed by atoms with Crippen LogP contribution in [0.25, 0.3) is 10.9 Å². The number of benzene rings is 3. The molecule has 3 aromatic carbocycles. The molecule has 0 atom stereocenters. The molecule has 0 fully saturated rings. The molecule has 0 bridgehead atoms. The monoisotopic (exact) mass is 444 g/mol. The molecule has 0 spiro atoms. The SMILES string of the molecule is COc1cc2nccc(Oc3ccc(NC(=O)COc4ccc(C)cc4)cc3)c2cc1OC. The molecule has 0 unspecified atom stereocenters. The highest BCUT2D eigenvalue weighted by atomic mass is 16.5. The average Bonchev–Trinajstić information content (AvgIpc) is 2.84. The summed E-state index contributed by atoms with van der Waals surface area (Å²) in [7, 11) is 3.17. The van der Waals surface area contributed by atoms with E-state index in [0.717, 1.165) is 16.5 Å². The molecule has 1 N–H and O–H groups in total. The van der Waals surface area contributed by atoms with Crippen LogP contribution in [-0.4, -0.2) is 31.7 Å². The molecule has 7 heteroatoms. The van der Waals surface area contributed by atoms with Crippen molar-refractivity contribution in [1.29, 1.82) is 0 Å². The lowest BCUT2D eigenvalue weighted by Gasteiger charge is -2.13. The Hall–Kier alpha value is -4.26. The number of anilines is 1. The van der Waals surface area contributed by atoms with E-state index in [1.165, 1.54) is 0 Å². The second kappa shape index (κ2) is 9.91. The Morgan fingerprint density at radius 3 is 2.21 bits per heavy atom. The molecule has 0 saturated carbocycles. The molecule has 0 radical (unpaired) electrons. The van der Waals surface area contributed by atoms with Gasteiger partial charge >= 0.3 is 0 Å². The Bertz CT molecular complexity index is 1250. The zero-order valence-electron chi connectivity index (χ0n) is 18.6. The number of carbonyl (C=O) groups excluding carboxylic acids is 1. The van der Waals surface area contributed by atoms with Crippen LogP contribution >= 0.6 is 0 Å². The minimum atomic E-state index is -0.245. The lowest BCUT2D eigenvalue weighted by molar-refractivity contribution is -0.118. The van der Waals surface area contributed by atoms with E-state index in [1.54, 1.807) is 56.8 Å². The van der Waals surface area contributed by atoms with E-state index >= 15 is 0 Å². The van der Waals surface area contributed by atoms with E-state index in [2.05, 4.69) is 10.3 Å². The van der Waals surface area contributed by atoms with E-state index in [1.807, 2.05) is 37.3 Å². The quantitative estimate of drug-likeness (QED) is 0.394. The first kappa shape index (κ1) is 22.0. The highest BCUT2D eigenvalue weighted by Gasteiger charge is 2.11. The molecular weight excluding hydrogens is 420 g/mol. The summed E-state index contributed by atoms with van der Waals surface area (Å²) in [6, 6.07) is 20.1. The molecule has 1 heterocycles. The maximum Gasteiger partial charge on any atom is 0.262 e. The lowest BCUT2D eigenvalue weighted by Crippen LogP contribution is -2.20. The topological polar surface area (TPSA) is 78.9 Å². The minimum Gasteiger partial charge on any atom is -0.493 e. The van der Waals surface area contributed by atoms with E-state index in [0.29, 0.717) is 34.4 Å². The van der Waals surface area contributed by atoms with Crippen LogP contribution in [-0.2, 0) is 4.79 Å². The van der Waals surface area contributed by atoms with Gasteiger partial charge in [0.25, 0.3) is 5.91 Å². The summed E-state index contributed by atoms with van der Waals surface area (Å²) in [4.78, 5) is 16.6. The summed E-state index contributed by atoms with van der Waals surface area (Å²) in [6.45, 7) is 1.92. The van der Waals surface area contributed by atoms with Crippen LogP contribution in [0.15, 0.2) is 72.9 Å². The van der Waals surface area contributed by atoms with Gasteiger partial charge in [0.1, 0.15) is 17.2 Å². The van der Waals surface area contributed by atoms with Crippen LogP contribution < -0.4 is 24.3 Å². The molecule has 0 saturated heterocycles. The summed E-state index contributed by atoms with van der Waals surface area (Å²) in [6.07, 6.45) is 1.67. The van der Waals surface area contributed by atoms with E-state index < -0.39 is 0 Å². The second-order valence-corrected chi connectivity index (χ2v) is 7.31. The van der Waals surface area contributed by atoms with Crippen LogP contribution in [0.3, 0.4) is 0 Å². The van der Waals surface area contributed by atoms with Crippen molar-refractivity contribution >= 4 is 22.5 Å². The van der Waals surface area contributed by atoms with Crippen molar-refractivity contribution in [2.75, 3.05) is 26.1 Å². The summed E-state index contributed by atoms with van der Waals surface area (Å²) in [5.41, 5.74) is 2.50. The fourth-order valence-electron chi connectivity index (χ4n) is 3.25. The number of methoxy groups -OCH3 is 2. The molecule has 0 aliphatic heterocycles. The third-order valence-electron chi connectivity index (χ3n) is 4.96. The van der Waals surface area contributed by atoms with Crippen LogP contribution in [0.2, 0.25) is 0 Å². The van der Waals surface area contributed by atoms with Crippen molar-refractivity contribution in [2.24, 2.45) is 0 Å². The van der Waals surface area contributed by atoms with Crippen molar-refractivity contribution in [3.05, 3.63) is 78.5 Å². The molecule has 0 aliphatic carbocycles. The number of ether oxygens (including phenoxy) is 4. The molecule has 0 aliphatic rings. The van der Waals surface area contributed by atoms with Gasteiger partial charge in [-0.3, -0.25) is 9.78 Å². The van der Waals surface area contributed by atoms with Gasteiger partial charge in [-0.1, -0.05) is 17.7 Å². The zero-order valence-corrected chi connectivity index (χ0v) is 18.6. The van der Waals surface area contributed by atoms with Crippen LogP contribution in [0, 0.1) is 6.92 Å². The van der Waals surface area contributed by atoms with Gasteiger partial charge in [0.2, 0.25) is 0 Å². The molecule has 1 amide bonds. The highest BCUT2D eigenvalue weighted by Crippen LogP contribution is 2.36. The van der Waals surface area contributed by atoms with Gasteiger partial charge in [-0.15, -0.1) is 0 Å². The number of rotatable bonds is 8. The van der Waals surface area contributed by atoms with E-state index in [-0.39, 0.29) is 12.5 Å². The molecule has 33 heavy (non-hydrogen) atoms. The van der Waals surface area contributed by atoms with Gasteiger partial charge in [0.15, 0.2) is 18.1 Å². The fraction of sp³-hybridized carbons (Fsp3) is 0.154. The maximum atomic E-state index is 12.2. The molecule has 4 rings (SSSR count). The number of aryl methyl sites for hydroxylation is 1. The first-order valence-electron chi connectivity index (χ1n) is 10.3. The third-order valence-corrected chi connectivity index (χ3v) is 4.96. The van der Waals surface area contributed by atoms with Crippen LogP contribution in [0.4, 0.5) is 5.69 Å². The van der Waals surface area contributed by atoms with Crippen LogP contribution in [0.5, 0.6) is 28.7 Å². The normalized spacial score (nSPS) is 10.5.